The van der Waals surface area contributed by atoms with Gasteiger partial charge in [-0.25, -0.2) is 4.39 Å². The van der Waals surface area contributed by atoms with E-state index in [4.69, 9.17) is 4.74 Å². The minimum atomic E-state index is -0.416. The molecule has 0 bridgehead atoms. The first-order valence-electron chi connectivity index (χ1n) is 8.40. The van der Waals surface area contributed by atoms with Gasteiger partial charge in [-0.15, -0.1) is 11.8 Å². The summed E-state index contributed by atoms with van der Waals surface area (Å²) in [7, 11) is 0. The number of halogens is 1. The molecule has 1 amide bonds. The van der Waals surface area contributed by atoms with E-state index in [1.807, 2.05) is 24.3 Å². The number of rotatable bonds is 7. The van der Waals surface area contributed by atoms with Crippen LogP contribution in [0.5, 0.6) is 5.75 Å². The van der Waals surface area contributed by atoms with E-state index in [0.717, 1.165) is 5.56 Å². The maximum absolute atomic E-state index is 13.3. The molecule has 5 heteroatoms. The number of hydrogen-bond acceptors (Lipinski definition) is 3. The van der Waals surface area contributed by atoms with Crippen molar-refractivity contribution in [2.24, 2.45) is 0 Å². The zero-order valence-corrected chi connectivity index (χ0v) is 15.7. The van der Waals surface area contributed by atoms with E-state index in [-0.39, 0.29) is 24.8 Å². The molecule has 136 valence electrons. The van der Waals surface area contributed by atoms with Gasteiger partial charge in [0.25, 0.3) is 0 Å². The van der Waals surface area contributed by atoms with Crippen LogP contribution in [0.2, 0.25) is 0 Å². The Balaban J connectivity index is 1.68. The highest BCUT2D eigenvalue weighted by atomic mass is 32.2. The lowest BCUT2D eigenvalue weighted by atomic mass is 10.1. The van der Waals surface area contributed by atoms with Gasteiger partial charge in [0.15, 0.2) is 11.6 Å². The summed E-state index contributed by atoms with van der Waals surface area (Å²) in [5, 5.41) is 3.27. The monoisotopic (exact) mass is 371 g/mol. The fourth-order valence-electron chi connectivity index (χ4n) is 2.14. The van der Waals surface area contributed by atoms with Crippen molar-refractivity contribution in [2.45, 2.75) is 30.4 Å². The Morgan fingerprint density at radius 1 is 1.15 bits per heavy atom. The molecule has 3 nitrogen and oxygen atoms in total. The zero-order valence-electron chi connectivity index (χ0n) is 14.9. The van der Waals surface area contributed by atoms with Crippen molar-refractivity contribution in [2.75, 3.05) is 13.2 Å². The maximum atomic E-state index is 13.3. The van der Waals surface area contributed by atoms with E-state index < -0.39 is 5.82 Å². The van der Waals surface area contributed by atoms with Gasteiger partial charge in [0.1, 0.15) is 6.61 Å². The summed E-state index contributed by atoms with van der Waals surface area (Å²) in [6.45, 7) is 4.61. The van der Waals surface area contributed by atoms with Crippen LogP contribution in [0.3, 0.4) is 0 Å². The Morgan fingerprint density at radius 2 is 1.88 bits per heavy atom. The molecule has 0 aliphatic heterocycles. The van der Waals surface area contributed by atoms with Gasteiger partial charge in [0.2, 0.25) is 5.91 Å². The highest BCUT2D eigenvalue weighted by Gasteiger charge is 2.03. The Hall–Kier alpha value is -2.45. The molecule has 0 fully saturated rings. The van der Waals surface area contributed by atoms with E-state index in [1.165, 1.54) is 11.0 Å². The van der Waals surface area contributed by atoms with Crippen LogP contribution in [0.15, 0.2) is 53.4 Å². The fourth-order valence-corrected chi connectivity index (χ4v) is 2.98. The molecule has 0 aliphatic carbocycles. The summed E-state index contributed by atoms with van der Waals surface area (Å²) < 4.78 is 18.5. The number of carbonyl (C=O) groups is 1. The highest BCUT2D eigenvalue weighted by Crippen LogP contribution is 2.22. The normalized spacial score (nSPS) is 10.2. The molecule has 0 saturated heterocycles. The van der Waals surface area contributed by atoms with Crippen LogP contribution in [0.1, 0.15) is 19.4 Å². The molecule has 0 aliphatic rings. The van der Waals surface area contributed by atoms with Gasteiger partial charge in [0, 0.05) is 10.1 Å². The topological polar surface area (TPSA) is 38.3 Å². The lowest BCUT2D eigenvalue weighted by Gasteiger charge is -2.06. The molecule has 0 spiro atoms. The van der Waals surface area contributed by atoms with Crippen LogP contribution in [-0.4, -0.2) is 24.3 Å². The summed E-state index contributed by atoms with van der Waals surface area (Å²) in [6.07, 6.45) is 0.319. The molecule has 0 aromatic heterocycles. The number of benzene rings is 2. The SMILES string of the molecule is CC(C)Sc1ccc(CC(=O)NCC#CCOc2ccccc2F)cc1. The second-order valence-corrected chi connectivity index (χ2v) is 7.49. The van der Waals surface area contributed by atoms with Crippen molar-refractivity contribution >= 4 is 17.7 Å². The highest BCUT2D eigenvalue weighted by molar-refractivity contribution is 7.99. The van der Waals surface area contributed by atoms with E-state index in [2.05, 4.69) is 31.0 Å². The van der Waals surface area contributed by atoms with Crippen LogP contribution in [0.4, 0.5) is 4.39 Å². The molecular weight excluding hydrogens is 349 g/mol. The Bertz CT molecular complexity index is 779. The zero-order chi connectivity index (χ0) is 18.8. The average molecular weight is 371 g/mol. The first kappa shape index (κ1) is 19.9. The minimum Gasteiger partial charge on any atom is -0.478 e. The summed E-state index contributed by atoms with van der Waals surface area (Å²) in [6, 6.07) is 14.2. The number of carbonyl (C=O) groups excluding carboxylic acids is 1. The Labute approximate surface area is 158 Å². The molecule has 26 heavy (non-hydrogen) atoms. The second kappa shape index (κ2) is 10.5. The maximum Gasteiger partial charge on any atom is 0.225 e. The minimum absolute atomic E-state index is 0.0752. The van der Waals surface area contributed by atoms with Gasteiger partial charge in [-0.1, -0.05) is 50.0 Å². The standard InChI is InChI=1S/C21H22FNO2S/c1-16(2)26-18-11-9-17(10-12-18)15-21(24)23-13-5-6-14-25-20-8-4-3-7-19(20)22/h3-4,7-12,16H,13-15H2,1-2H3,(H,23,24). The van der Waals surface area contributed by atoms with Gasteiger partial charge in [-0.3, -0.25) is 4.79 Å². The predicted octanol–water partition coefficient (Wildman–Crippen LogP) is 4.07. The Morgan fingerprint density at radius 3 is 2.58 bits per heavy atom. The van der Waals surface area contributed by atoms with Gasteiger partial charge in [-0.2, -0.15) is 0 Å². The molecule has 0 radical (unpaired) electrons. The van der Waals surface area contributed by atoms with Gasteiger partial charge >= 0.3 is 0 Å². The lowest BCUT2D eigenvalue weighted by molar-refractivity contribution is -0.120. The summed E-state index contributed by atoms with van der Waals surface area (Å²) in [5.74, 6) is 5.21. The van der Waals surface area contributed by atoms with Crippen LogP contribution < -0.4 is 10.1 Å². The number of para-hydroxylation sites is 1. The number of nitrogens with one attached hydrogen (secondary N) is 1. The first-order valence-corrected chi connectivity index (χ1v) is 9.28. The molecule has 0 unspecified atom stereocenters. The van der Waals surface area contributed by atoms with Crippen LogP contribution in [0, 0.1) is 17.7 Å². The summed E-state index contributed by atoms with van der Waals surface area (Å²) in [4.78, 5) is 13.1. The van der Waals surface area contributed by atoms with Crippen molar-refractivity contribution in [3.8, 4) is 17.6 Å². The van der Waals surface area contributed by atoms with Crippen molar-refractivity contribution in [1.82, 2.24) is 5.32 Å². The van der Waals surface area contributed by atoms with E-state index in [9.17, 15) is 9.18 Å². The molecule has 2 rings (SSSR count). The third kappa shape index (κ3) is 7.20. The summed E-state index contributed by atoms with van der Waals surface area (Å²) in [5.41, 5.74) is 0.964. The smallest absolute Gasteiger partial charge is 0.225 e. The molecule has 0 heterocycles. The van der Waals surface area contributed by atoms with Crippen molar-refractivity contribution in [1.29, 1.82) is 0 Å². The molecule has 0 atom stereocenters. The predicted molar refractivity (Wildman–Crippen MR) is 104 cm³/mol. The van der Waals surface area contributed by atoms with Crippen molar-refractivity contribution < 1.29 is 13.9 Å². The molecular formula is C21H22FNO2S. The number of thioether (sulfide) groups is 1. The number of amides is 1. The molecule has 0 saturated carbocycles. The quantitative estimate of drug-likeness (QED) is 0.589. The molecule has 2 aromatic carbocycles. The second-order valence-electron chi connectivity index (χ2n) is 5.84. The lowest BCUT2D eigenvalue weighted by Crippen LogP contribution is -2.25. The van der Waals surface area contributed by atoms with Crippen LogP contribution in [-0.2, 0) is 11.2 Å². The molecule has 1 N–H and O–H groups in total. The summed E-state index contributed by atoms with van der Waals surface area (Å²) >= 11 is 1.79. The van der Waals surface area contributed by atoms with E-state index in [0.29, 0.717) is 11.7 Å². The van der Waals surface area contributed by atoms with Crippen molar-refractivity contribution in [3.63, 3.8) is 0 Å². The van der Waals surface area contributed by atoms with Crippen molar-refractivity contribution in [3.05, 3.63) is 59.9 Å². The average Bonchev–Trinajstić information content (AvgIpc) is 2.60. The van der Waals surface area contributed by atoms with Crippen LogP contribution in [0.25, 0.3) is 0 Å². The van der Waals surface area contributed by atoms with Gasteiger partial charge < -0.3 is 10.1 Å². The van der Waals surface area contributed by atoms with Gasteiger partial charge in [-0.05, 0) is 29.8 Å². The van der Waals surface area contributed by atoms with E-state index >= 15 is 0 Å². The third-order valence-corrected chi connectivity index (χ3v) is 4.31. The molecule has 2 aromatic rings. The van der Waals surface area contributed by atoms with E-state index in [1.54, 1.807) is 30.0 Å². The fraction of sp³-hybridized carbons (Fsp3) is 0.286. The number of hydrogen-bond donors (Lipinski definition) is 1. The number of ether oxygens (including phenoxy) is 1. The largest absolute Gasteiger partial charge is 0.478 e. The van der Waals surface area contributed by atoms with Gasteiger partial charge in [0.05, 0.1) is 13.0 Å². The first-order chi connectivity index (χ1) is 12.5. The van der Waals surface area contributed by atoms with Crippen LogP contribution >= 0.6 is 11.8 Å². The Kier molecular flexibility index (Phi) is 8.04. The third-order valence-electron chi connectivity index (χ3n) is 3.30.